The first-order valence-electron chi connectivity index (χ1n) is 9.13. The maximum Gasteiger partial charge on any atom is 0.247 e. The Kier molecular flexibility index (Phi) is 5.51. The predicted octanol–water partition coefficient (Wildman–Crippen LogP) is 4.30. The molecular formula is C21H19ClFN3O3. The fraction of sp³-hybridized carbons (Fsp3) is 0.238. The molecule has 2 aliphatic rings. The van der Waals surface area contributed by atoms with Gasteiger partial charge in [-0.25, -0.2) is 4.39 Å². The molecule has 0 aliphatic carbocycles. The molecule has 6 nitrogen and oxygen atoms in total. The smallest absolute Gasteiger partial charge is 0.247 e. The van der Waals surface area contributed by atoms with E-state index in [1.807, 2.05) is 11.0 Å². The summed E-state index contributed by atoms with van der Waals surface area (Å²) in [6.07, 6.45) is 3.59. The lowest BCUT2D eigenvalue weighted by atomic mass is 10.1. The van der Waals surface area contributed by atoms with E-state index in [9.17, 15) is 9.18 Å². The summed E-state index contributed by atoms with van der Waals surface area (Å²) < 4.78 is 25.1. The first-order valence-corrected chi connectivity index (χ1v) is 9.51. The molecular weight excluding hydrogens is 397 g/mol. The van der Waals surface area contributed by atoms with E-state index in [1.54, 1.807) is 24.4 Å². The van der Waals surface area contributed by atoms with Crippen LogP contribution in [0, 0.1) is 5.82 Å². The van der Waals surface area contributed by atoms with Gasteiger partial charge in [-0.2, -0.15) is 0 Å². The number of benzene rings is 2. The van der Waals surface area contributed by atoms with Gasteiger partial charge in [0.25, 0.3) is 0 Å². The van der Waals surface area contributed by atoms with Crippen molar-refractivity contribution < 1.29 is 18.7 Å². The number of anilines is 3. The average Bonchev–Trinajstić information content (AvgIpc) is 3.23. The van der Waals surface area contributed by atoms with Crippen LogP contribution in [0.4, 0.5) is 21.5 Å². The van der Waals surface area contributed by atoms with Crippen molar-refractivity contribution in [3.63, 3.8) is 0 Å². The number of hydrogen-bond acceptors (Lipinski definition) is 5. The molecule has 0 radical (unpaired) electrons. The number of hydrogen-bond donors (Lipinski definition) is 1. The number of aliphatic imine (C=N–C) groups is 1. The highest BCUT2D eigenvalue weighted by Gasteiger charge is 2.24. The van der Waals surface area contributed by atoms with Gasteiger partial charge in [-0.3, -0.25) is 9.79 Å². The molecule has 4 rings (SSSR count). The van der Waals surface area contributed by atoms with Crippen LogP contribution in [0.2, 0.25) is 5.02 Å². The zero-order valence-corrected chi connectivity index (χ0v) is 16.3. The molecule has 1 atom stereocenters. The first kappa shape index (κ1) is 19.4. The van der Waals surface area contributed by atoms with Gasteiger partial charge >= 0.3 is 0 Å². The second-order valence-corrected chi connectivity index (χ2v) is 7.09. The van der Waals surface area contributed by atoms with Gasteiger partial charge in [0.05, 0.1) is 29.6 Å². The minimum absolute atomic E-state index is 0.0352. The van der Waals surface area contributed by atoms with Crippen molar-refractivity contribution in [2.24, 2.45) is 4.99 Å². The third kappa shape index (κ3) is 4.11. The van der Waals surface area contributed by atoms with E-state index in [0.717, 1.165) is 17.7 Å². The van der Waals surface area contributed by atoms with Gasteiger partial charge in [-0.1, -0.05) is 18.2 Å². The van der Waals surface area contributed by atoms with E-state index in [0.29, 0.717) is 37.0 Å². The molecule has 29 heavy (non-hydrogen) atoms. The zero-order valence-electron chi connectivity index (χ0n) is 15.5. The second kappa shape index (κ2) is 8.23. The molecule has 1 fully saturated rings. The van der Waals surface area contributed by atoms with Crippen molar-refractivity contribution in [3.8, 4) is 5.75 Å². The number of nitrogens with zero attached hydrogens (tertiary/aromatic N) is 2. The standard InChI is InChI=1S/C21H19ClFN3O3/c1-2-21(27)25-18-7-13-10-24-12-26(14-3-4-17(23)16(22)8-14)19(13)9-20(18)29-15-5-6-28-11-15/h2-4,7-10,15H,1,5-6,11-12H2,(H,25,27)/t15-/m1/s1. The number of carbonyl (C=O) groups is 1. The Balaban J connectivity index is 1.75. The molecule has 2 aliphatic heterocycles. The summed E-state index contributed by atoms with van der Waals surface area (Å²) in [4.78, 5) is 18.2. The molecule has 8 heteroatoms. The molecule has 0 aromatic heterocycles. The number of carbonyl (C=O) groups excluding carboxylic acids is 1. The Bertz CT molecular complexity index is 989. The summed E-state index contributed by atoms with van der Waals surface area (Å²) in [6, 6.07) is 8.16. The van der Waals surface area contributed by atoms with Gasteiger partial charge in [0.15, 0.2) is 0 Å². The van der Waals surface area contributed by atoms with Gasteiger partial charge in [0.1, 0.15) is 24.3 Å². The van der Waals surface area contributed by atoms with E-state index in [1.165, 1.54) is 12.1 Å². The lowest BCUT2D eigenvalue weighted by Crippen LogP contribution is -2.23. The van der Waals surface area contributed by atoms with Crippen LogP contribution in [0.15, 0.2) is 48.0 Å². The minimum Gasteiger partial charge on any atom is -0.486 e. The maximum absolute atomic E-state index is 13.6. The van der Waals surface area contributed by atoms with Crippen LogP contribution in [0.5, 0.6) is 5.75 Å². The molecule has 2 aromatic carbocycles. The van der Waals surface area contributed by atoms with E-state index in [2.05, 4.69) is 16.9 Å². The van der Waals surface area contributed by atoms with E-state index in [-0.39, 0.29) is 17.0 Å². The summed E-state index contributed by atoms with van der Waals surface area (Å²) in [6.45, 7) is 4.97. The summed E-state index contributed by atoms with van der Waals surface area (Å²) in [7, 11) is 0. The molecule has 0 bridgehead atoms. The van der Waals surface area contributed by atoms with E-state index >= 15 is 0 Å². The van der Waals surface area contributed by atoms with Crippen molar-refractivity contribution in [3.05, 3.63) is 59.4 Å². The van der Waals surface area contributed by atoms with Gasteiger partial charge in [0, 0.05) is 30.0 Å². The van der Waals surface area contributed by atoms with Crippen LogP contribution < -0.4 is 15.0 Å². The van der Waals surface area contributed by atoms with Crippen LogP contribution in [0.25, 0.3) is 0 Å². The molecule has 1 N–H and O–H groups in total. The summed E-state index contributed by atoms with van der Waals surface area (Å²) in [5.74, 6) is -0.306. The maximum atomic E-state index is 13.6. The third-order valence-corrected chi connectivity index (χ3v) is 5.00. The van der Waals surface area contributed by atoms with Crippen molar-refractivity contribution in [2.75, 3.05) is 30.1 Å². The Hall–Kier alpha value is -2.90. The number of fused-ring (bicyclic) bond motifs is 1. The van der Waals surface area contributed by atoms with E-state index < -0.39 is 5.82 Å². The first-order chi connectivity index (χ1) is 14.0. The monoisotopic (exact) mass is 415 g/mol. The molecule has 0 unspecified atom stereocenters. The lowest BCUT2D eigenvalue weighted by Gasteiger charge is -2.29. The molecule has 150 valence electrons. The molecule has 2 aromatic rings. The molecule has 1 saturated heterocycles. The Morgan fingerprint density at radius 2 is 2.28 bits per heavy atom. The summed E-state index contributed by atoms with van der Waals surface area (Å²) in [5.41, 5.74) is 2.82. The van der Waals surface area contributed by atoms with Gasteiger partial charge < -0.3 is 19.7 Å². The molecule has 0 spiro atoms. The number of rotatable bonds is 5. The van der Waals surface area contributed by atoms with Crippen LogP contribution in [-0.2, 0) is 9.53 Å². The predicted molar refractivity (Wildman–Crippen MR) is 111 cm³/mol. The topological polar surface area (TPSA) is 63.2 Å². The van der Waals surface area contributed by atoms with Crippen molar-refractivity contribution in [2.45, 2.75) is 12.5 Å². The fourth-order valence-electron chi connectivity index (χ4n) is 3.26. The van der Waals surface area contributed by atoms with Crippen molar-refractivity contribution in [1.29, 1.82) is 0 Å². The largest absolute Gasteiger partial charge is 0.486 e. The highest BCUT2D eigenvalue weighted by Crippen LogP contribution is 2.39. The van der Waals surface area contributed by atoms with E-state index in [4.69, 9.17) is 21.1 Å². The summed E-state index contributed by atoms with van der Waals surface area (Å²) in [5, 5.41) is 2.82. The van der Waals surface area contributed by atoms with Crippen LogP contribution >= 0.6 is 11.6 Å². The molecule has 0 saturated carbocycles. The summed E-state index contributed by atoms with van der Waals surface area (Å²) >= 11 is 5.97. The SMILES string of the molecule is C=CC(=O)Nc1cc2c(cc1O[C@@H]1CCOC1)N(c1ccc(F)c(Cl)c1)CN=C2. The third-order valence-electron chi connectivity index (χ3n) is 4.71. The van der Waals surface area contributed by atoms with Gasteiger partial charge in [0.2, 0.25) is 5.91 Å². The van der Waals surface area contributed by atoms with Crippen LogP contribution in [-0.4, -0.2) is 38.1 Å². The van der Waals surface area contributed by atoms with Crippen molar-refractivity contribution in [1.82, 2.24) is 0 Å². The Morgan fingerprint density at radius 3 is 3.00 bits per heavy atom. The average molecular weight is 416 g/mol. The fourth-order valence-corrected chi connectivity index (χ4v) is 3.43. The van der Waals surface area contributed by atoms with Crippen LogP contribution in [0.1, 0.15) is 12.0 Å². The number of amides is 1. The number of halogens is 2. The quantitative estimate of drug-likeness (QED) is 0.739. The Morgan fingerprint density at radius 1 is 1.41 bits per heavy atom. The highest BCUT2D eigenvalue weighted by molar-refractivity contribution is 6.31. The molecule has 1 amide bonds. The second-order valence-electron chi connectivity index (χ2n) is 6.68. The van der Waals surface area contributed by atoms with Gasteiger partial charge in [-0.05, 0) is 30.3 Å². The van der Waals surface area contributed by atoms with Crippen LogP contribution in [0.3, 0.4) is 0 Å². The number of ether oxygens (including phenoxy) is 2. The normalized spacial score (nSPS) is 17.7. The lowest BCUT2D eigenvalue weighted by molar-refractivity contribution is -0.111. The number of nitrogens with one attached hydrogen (secondary N) is 1. The molecule has 2 heterocycles. The van der Waals surface area contributed by atoms with Crippen molar-refractivity contribution >= 4 is 40.8 Å². The minimum atomic E-state index is -0.483. The Labute approximate surface area is 172 Å². The highest BCUT2D eigenvalue weighted by atomic mass is 35.5. The zero-order chi connectivity index (χ0) is 20.4. The van der Waals surface area contributed by atoms with Gasteiger partial charge in [-0.15, -0.1) is 0 Å².